The fourth-order valence-corrected chi connectivity index (χ4v) is 3.46. The highest BCUT2D eigenvalue weighted by molar-refractivity contribution is 5.81. The molecule has 0 saturated carbocycles. The molecule has 0 aromatic rings. The van der Waals surface area contributed by atoms with Crippen molar-refractivity contribution in [1.82, 2.24) is 14.7 Å². The number of nitrogens with zero attached hydrogens (tertiary/aromatic N) is 4. The molecule has 2 N–H and O–H groups in total. The van der Waals surface area contributed by atoms with Gasteiger partial charge in [-0.1, -0.05) is 13.8 Å². The van der Waals surface area contributed by atoms with Gasteiger partial charge in [-0.3, -0.25) is 4.99 Å². The van der Waals surface area contributed by atoms with Crippen molar-refractivity contribution in [1.29, 1.82) is 0 Å². The third kappa shape index (κ3) is 3.03. The van der Waals surface area contributed by atoms with Gasteiger partial charge in [-0.05, 0) is 39.5 Å². The number of nitrogens with two attached hydrogens (primary N) is 1. The van der Waals surface area contributed by atoms with Crippen molar-refractivity contribution in [3.05, 3.63) is 0 Å². The van der Waals surface area contributed by atoms with Crippen molar-refractivity contribution in [2.24, 2.45) is 10.7 Å². The topological polar surface area (TPSA) is 48.1 Å². The molecule has 0 radical (unpaired) electrons. The van der Waals surface area contributed by atoms with Crippen molar-refractivity contribution in [2.75, 3.05) is 52.9 Å². The maximum Gasteiger partial charge on any atom is 0.191 e. The Labute approximate surface area is 117 Å². The Balaban J connectivity index is 2.00. The third-order valence-corrected chi connectivity index (χ3v) is 4.66. The molecule has 1 atom stereocenters. The van der Waals surface area contributed by atoms with Crippen LogP contribution in [0.4, 0.5) is 0 Å². The third-order valence-electron chi connectivity index (χ3n) is 4.66. The van der Waals surface area contributed by atoms with Crippen LogP contribution in [0.25, 0.3) is 0 Å². The van der Waals surface area contributed by atoms with Crippen molar-refractivity contribution >= 4 is 5.96 Å². The van der Waals surface area contributed by atoms with Crippen LogP contribution in [0, 0.1) is 0 Å². The first-order chi connectivity index (χ1) is 9.11. The number of piperidine rings is 1. The zero-order chi connectivity index (χ0) is 13.9. The highest BCUT2D eigenvalue weighted by Gasteiger charge is 2.44. The molecule has 0 bridgehead atoms. The highest BCUT2D eigenvalue weighted by atomic mass is 15.4. The molecule has 0 aromatic heterocycles. The first kappa shape index (κ1) is 14.6. The molecule has 5 heteroatoms. The minimum absolute atomic E-state index is 0.171. The molecular formula is C14H29N5. The largest absolute Gasteiger partial charge is 0.370 e. The summed E-state index contributed by atoms with van der Waals surface area (Å²) in [5, 5.41) is 0. The van der Waals surface area contributed by atoms with Gasteiger partial charge in [-0.2, -0.15) is 0 Å². The van der Waals surface area contributed by atoms with Gasteiger partial charge in [-0.25, -0.2) is 0 Å². The lowest BCUT2D eigenvalue weighted by molar-refractivity contribution is 0.0812. The van der Waals surface area contributed by atoms with E-state index in [9.17, 15) is 0 Å². The SMILES string of the molecule is CCN(CC)CCN1C(N)=NCC12CCCN(C)C2. The van der Waals surface area contributed by atoms with E-state index in [-0.39, 0.29) is 5.54 Å². The first-order valence-electron chi connectivity index (χ1n) is 7.60. The molecular weight excluding hydrogens is 238 g/mol. The first-order valence-corrected chi connectivity index (χ1v) is 7.60. The Morgan fingerprint density at radius 1 is 1.37 bits per heavy atom. The minimum Gasteiger partial charge on any atom is -0.370 e. The predicted molar refractivity (Wildman–Crippen MR) is 80.4 cm³/mol. The fourth-order valence-electron chi connectivity index (χ4n) is 3.46. The van der Waals surface area contributed by atoms with E-state index in [1.807, 2.05) is 0 Å². The molecule has 1 unspecified atom stereocenters. The Kier molecular flexibility index (Phi) is 4.68. The average molecular weight is 267 g/mol. The second-order valence-electron chi connectivity index (χ2n) is 5.92. The number of likely N-dealkylation sites (N-methyl/N-ethyl adjacent to an activating group) is 2. The molecule has 0 aliphatic carbocycles. The van der Waals surface area contributed by atoms with Gasteiger partial charge in [0.1, 0.15) is 0 Å². The van der Waals surface area contributed by atoms with E-state index < -0.39 is 0 Å². The number of hydrogen-bond acceptors (Lipinski definition) is 5. The van der Waals surface area contributed by atoms with Crippen LogP contribution < -0.4 is 5.73 Å². The Morgan fingerprint density at radius 3 is 2.74 bits per heavy atom. The van der Waals surface area contributed by atoms with Crippen LogP contribution in [0.1, 0.15) is 26.7 Å². The Morgan fingerprint density at radius 2 is 2.11 bits per heavy atom. The van der Waals surface area contributed by atoms with Crippen molar-refractivity contribution in [3.63, 3.8) is 0 Å². The summed E-state index contributed by atoms with van der Waals surface area (Å²) in [5.41, 5.74) is 6.31. The van der Waals surface area contributed by atoms with E-state index >= 15 is 0 Å². The summed E-state index contributed by atoms with van der Waals surface area (Å²) in [6.07, 6.45) is 2.47. The molecule has 110 valence electrons. The van der Waals surface area contributed by atoms with Gasteiger partial charge in [-0.15, -0.1) is 0 Å². The molecule has 1 saturated heterocycles. The maximum absolute atomic E-state index is 6.14. The van der Waals surface area contributed by atoms with Crippen LogP contribution in [-0.4, -0.2) is 79.1 Å². The molecule has 1 fully saturated rings. The van der Waals surface area contributed by atoms with Crippen LogP contribution in [-0.2, 0) is 0 Å². The Bertz CT molecular complexity index is 326. The second-order valence-corrected chi connectivity index (χ2v) is 5.92. The summed E-state index contributed by atoms with van der Waals surface area (Å²) in [4.78, 5) is 11.8. The van der Waals surface area contributed by atoms with Crippen LogP contribution in [0.2, 0.25) is 0 Å². The van der Waals surface area contributed by atoms with E-state index in [1.54, 1.807) is 0 Å². The lowest BCUT2D eigenvalue weighted by Gasteiger charge is -2.45. The van der Waals surface area contributed by atoms with E-state index in [0.717, 1.165) is 45.2 Å². The van der Waals surface area contributed by atoms with Gasteiger partial charge in [0.05, 0.1) is 12.1 Å². The monoisotopic (exact) mass is 267 g/mol. The quantitative estimate of drug-likeness (QED) is 0.784. The molecule has 2 heterocycles. The van der Waals surface area contributed by atoms with E-state index in [1.165, 1.54) is 19.4 Å². The zero-order valence-electron chi connectivity index (χ0n) is 12.7. The summed E-state index contributed by atoms with van der Waals surface area (Å²) in [7, 11) is 2.21. The average Bonchev–Trinajstić information content (AvgIpc) is 2.68. The number of guanidine groups is 1. The van der Waals surface area contributed by atoms with E-state index in [4.69, 9.17) is 5.73 Å². The molecule has 2 aliphatic rings. The maximum atomic E-state index is 6.14. The smallest absolute Gasteiger partial charge is 0.191 e. The number of hydrogen-bond donors (Lipinski definition) is 1. The van der Waals surface area contributed by atoms with Crippen LogP contribution in [0.15, 0.2) is 4.99 Å². The van der Waals surface area contributed by atoms with Crippen LogP contribution in [0.3, 0.4) is 0 Å². The van der Waals surface area contributed by atoms with Crippen LogP contribution >= 0.6 is 0 Å². The summed E-state index contributed by atoms with van der Waals surface area (Å²) >= 11 is 0. The van der Waals surface area contributed by atoms with E-state index in [0.29, 0.717) is 0 Å². The molecule has 0 aromatic carbocycles. The highest BCUT2D eigenvalue weighted by Crippen LogP contribution is 2.31. The van der Waals surface area contributed by atoms with Crippen molar-refractivity contribution < 1.29 is 0 Å². The number of rotatable bonds is 5. The summed E-state index contributed by atoms with van der Waals surface area (Å²) in [6, 6.07) is 0. The predicted octanol–water partition coefficient (Wildman–Crippen LogP) is 0.423. The molecule has 2 aliphatic heterocycles. The van der Waals surface area contributed by atoms with Gasteiger partial charge >= 0.3 is 0 Å². The van der Waals surface area contributed by atoms with Gasteiger partial charge in [0.15, 0.2) is 5.96 Å². The van der Waals surface area contributed by atoms with Gasteiger partial charge in [0.2, 0.25) is 0 Å². The summed E-state index contributed by atoms with van der Waals surface area (Å²) < 4.78 is 0. The molecule has 5 nitrogen and oxygen atoms in total. The Hall–Kier alpha value is -0.810. The fraction of sp³-hybridized carbons (Fsp3) is 0.929. The number of likely N-dealkylation sites (tertiary alicyclic amines) is 1. The normalized spacial score (nSPS) is 28.4. The lowest BCUT2D eigenvalue weighted by atomic mass is 9.88. The van der Waals surface area contributed by atoms with Gasteiger partial charge in [0.25, 0.3) is 0 Å². The molecule has 19 heavy (non-hydrogen) atoms. The molecule has 0 amide bonds. The molecule has 1 spiro atoms. The van der Waals surface area contributed by atoms with Gasteiger partial charge < -0.3 is 20.4 Å². The van der Waals surface area contributed by atoms with Crippen molar-refractivity contribution in [3.8, 4) is 0 Å². The van der Waals surface area contributed by atoms with E-state index in [2.05, 4.69) is 40.6 Å². The summed E-state index contributed by atoms with van der Waals surface area (Å²) in [6.45, 7) is 11.9. The van der Waals surface area contributed by atoms with Gasteiger partial charge in [0, 0.05) is 19.6 Å². The molecule has 2 rings (SSSR count). The van der Waals surface area contributed by atoms with Crippen molar-refractivity contribution in [2.45, 2.75) is 32.2 Å². The second kappa shape index (κ2) is 6.09. The lowest BCUT2D eigenvalue weighted by Crippen LogP contribution is -2.60. The van der Waals surface area contributed by atoms with Crippen LogP contribution in [0.5, 0.6) is 0 Å². The summed E-state index contributed by atoms with van der Waals surface area (Å²) in [5.74, 6) is 0.752. The number of aliphatic imine (C=N–C) groups is 1. The minimum atomic E-state index is 0.171. The zero-order valence-corrected chi connectivity index (χ0v) is 12.7. The standard InChI is InChI=1S/C14H29N5/c1-4-18(5-2)9-10-19-13(15)16-11-14(19)7-6-8-17(3)12-14/h4-12H2,1-3H3,(H2,15,16).